The van der Waals surface area contributed by atoms with Crippen LogP contribution in [0.4, 0.5) is 10.5 Å². The van der Waals surface area contributed by atoms with Crippen molar-refractivity contribution < 1.29 is 14.3 Å². The molecule has 27 heavy (non-hydrogen) atoms. The summed E-state index contributed by atoms with van der Waals surface area (Å²) in [5, 5.41) is 2.79. The van der Waals surface area contributed by atoms with Gasteiger partial charge >= 0.3 is 6.03 Å². The average Bonchev–Trinajstić information content (AvgIpc) is 2.71. The molecule has 0 aliphatic carbocycles. The first-order valence-electron chi connectivity index (χ1n) is 9.16. The summed E-state index contributed by atoms with van der Waals surface area (Å²) in [4.78, 5) is 28.6. The van der Waals surface area contributed by atoms with Gasteiger partial charge in [0.2, 0.25) is 0 Å². The van der Waals surface area contributed by atoms with Crippen LogP contribution in [0.1, 0.15) is 22.3 Å². The van der Waals surface area contributed by atoms with Crippen molar-refractivity contribution >= 4 is 17.6 Å². The van der Waals surface area contributed by atoms with Crippen molar-refractivity contribution in [2.75, 3.05) is 38.3 Å². The molecule has 1 aliphatic rings. The number of urea groups is 1. The van der Waals surface area contributed by atoms with Crippen LogP contribution in [0.25, 0.3) is 0 Å². The Morgan fingerprint density at radius 3 is 2.52 bits per heavy atom. The van der Waals surface area contributed by atoms with Crippen LogP contribution in [-0.2, 0) is 11.3 Å². The number of methoxy groups -OCH3 is 1. The summed E-state index contributed by atoms with van der Waals surface area (Å²) >= 11 is 0. The third-order valence-electron chi connectivity index (χ3n) is 4.56. The van der Waals surface area contributed by atoms with E-state index >= 15 is 0 Å². The summed E-state index contributed by atoms with van der Waals surface area (Å²) in [7, 11) is 1.59. The lowest BCUT2D eigenvalue weighted by atomic mass is 10.1. The molecule has 1 saturated heterocycles. The first kappa shape index (κ1) is 18.9. The van der Waals surface area contributed by atoms with Gasteiger partial charge in [-0.3, -0.25) is 9.69 Å². The average molecular weight is 367 g/mol. The van der Waals surface area contributed by atoms with Crippen LogP contribution in [0, 0.1) is 0 Å². The molecule has 142 valence electrons. The number of amides is 3. The smallest absolute Gasteiger partial charge is 0.324 e. The van der Waals surface area contributed by atoms with E-state index < -0.39 is 0 Å². The molecule has 1 heterocycles. The number of nitrogens with zero attached hydrogens (tertiary/aromatic N) is 2. The van der Waals surface area contributed by atoms with E-state index in [1.807, 2.05) is 47.4 Å². The van der Waals surface area contributed by atoms with Crippen molar-refractivity contribution in [3.8, 4) is 0 Å². The van der Waals surface area contributed by atoms with Gasteiger partial charge in [0.05, 0.1) is 6.61 Å². The minimum Gasteiger partial charge on any atom is -0.383 e. The van der Waals surface area contributed by atoms with Crippen LogP contribution in [0.15, 0.2) is 54.6 Å². The molecule has 3 rings (SSSR count). The Kier molecular flexibility index (Phi) is 6.44. The van der Waals surface area contributed by atoms with Gasteiger partial charge in [0, 0.05) is 44.5 Å². The molecule has 0 radical (unpaired) electrons. The van der Waals surface area contributed by atoms with Crippen LogP contribution in [0.5, 0.6) is 0 Å². The van der Waals surface area contributed by atoms with E-state index in [2.05, 4.69) is 5.32 Å². The highest BCUT2D eigenvalue weighted by molar-refractivity contribution is 5.96. The molecule has 0 spiro atoms. The van der Waals surface area contributed by atoms with Gasteiger partial charge in [-0.1, -0.05) is 30.3 Å². The van der Waals surface area contributed by atoms with Gasteiger partial charge in [0.15, 0.2) is 0 Å². The zero-order valence-electron chi connectivity index (χ0n) is 15.6. The predicted molar refractivity (Wildman–Crippen MR) is 105 cm³/mol. The maximum absolute atomic E-state index is 12.9. The summed E-state index contributed by atoms with van der Waals surface area (Å²) in [6.07, 6.45) is 0.915. The van der Waals surface area contributed by atoms with Gasteiger partial charge in [-0.15, -0.1) is 0 Å². The topological polar surface area (TPSA) is 61.9 Å². The van der Waals surface area contributed by atoms with E-state index in [1.165, 1.54) is 0 Å². The largest absolute Gasteiger partial charge is 0.383 e. The zero-order chi connectivity index (χ0) is 19.1. The Morgan fingerprint density at radius 1 is 1.07 bits per heavy atom. The Hall–Kier alpha value is -2.86. The second kappa shape index (κ2) is 9.19. The molecule has 6 heteroatoms. The second-order valence-corrected chi connectivity index (χ2v) is 6.49. The molecular weight excluding hydrogens is 342 g/mol. The van der Waals surface area contributed by atoms with Crippen LogP contribution in [-0.4, -0.2) is 50.2 Å². The summed E-state index contributed by atoms with van der Waals surface area (Å²) in [6.45, 7) is 2.99. The fourth-order valence-corrected chi connectivity index (χ4v) is 3.13. The fraction of sp³-hybridized carbons (Fsp3) is 0.333. The molecule has 2 aromatic carbocycles. The molecule has 0 atom stereocenters. The van der Waals surface area contributed by atoms with Gasteiger partial charge in [0.1, 0.15) is 0 Å². The van der Waals surface area contributed by atoms with E-state index in [0.29, 0.717) is 31.8 Å². The van der Waals surface area contributed by atoms with E-state index in [-0.39, 0.29) is 11.9 Å². The Labute approximate surface area is 159 Å². The van der Waals surface area contributed by atoms with E-state index in [1.54, 1.807) is 24.1 Å². The second-order valence-electron chi connectivity index (χ2n) is 6.49. The molecule has 6 nitrogen and oxygen atoms in total. The van der Waals surface area contributed by atoms with Crippen molar-refractivity contribution in [3.05, 3.63) is 65.7 Å². The number of hydrogen-bond donors (Lipinski definition) is 1. The lowest BCUT2D eigenvalue weighted by Crippen LogP contribution is -2.49. The Morgan fingerprint density at radius 2 is 1.81 bits per heavy atom. The molecule has 3 amide bonds. The Balaban J connectivity index is 1.64. The van der Waals surface area contributed by atoms with E-state index in [9.17, 15) is 9.59 Å². The van der Waals surface area contributed by atoms with Crippen LogP contribution < -0.4 is 10.2 Å². The van der Waals surface area contributed by atoms with Crippen molar-refractivity contribution in [2.24, 2.45) is 0 Å². The predicted octanol–water partition coefficient (Wildman–Crippen LogP) is 2.90. The summed E-state index contributed by atoms with van der Waals surface area (Å²) in [6, 6.07) is 17.2. The first-order chi connectivity index (χ1) is 13.2. The molecule has 1 aliphatic heterocycles. The first-order valence-corrected chi connectivity index (χ1v) is 9.16. The highest BCUT2D eigenvalue weighted by atomic mass is 16.5. The van der Waals surface area contributed by atoms with E-state index in [4.69, 9.17) is 4.74 Å². The maximum atomic E-state index is 12.9. The molecule has 0 bridgehead atoms. The summed E-state index contributed by atoms with van der Waals surface area (Å²) in [5.74, 6) is -0.144. The normalized spacial score (nSPS) is 14.3. The number of nitrogens with one attached hydrogen (secondary N) is 1. The number of anilines is 1. The monoisotopic (exact) mass is 367 g/mol. The number of rotatable bonds is 7. The lowest BCUT2D eigenvalue weighted by Gasteiger charge is -2.35. The van der Waals surface area contributed by atoms with E-state index in [0.717, 1.165) is 24.2 Å². The van der Waals surface area contributed by atoms with Crippen LogP contribution >= 0.6 is 0 Å². The number of carbonyl (C=O) groups is 2. The highest BCUT2D eigenvalue weighted by Crippen LogP contribution is 2.22. The third kappa shape index (κ3) is 4.86. The minimum absolute atomic E-state index is 0.00222. The number of benzene rings is 2. The van der Waals surface area contributed by atoms with Gasteiger partial charge in [-0.2, -0.15) is 0 Å². The lowest BCUT2D eigenvalue weighted by molar-refractivity contribution is 0.0937. The van der Waals surface area contributed by atoms with Crippen LogP contribution in [0.3, 0.4) is 0 Å². The quantitative estimate of drug-likeness (QED) is 0.766. The van der Waals surface area contributed by atoms with Gasteiger partial charge < -0.3 is 15.0 Å². The van der Waals surface area contributed by atoms with Crippen molar-refractivity contribution in [1.82, 2.24) is 10.2 Å². The molecular formula is C21H25N3O3. The Bertz CT molecular complexity index is 762. The maximum Gasteiger partial charge on any atom is 0.324 e. The molecule has 0 aromatic heterocycles. The number of hydrogen-bond acceptors (Lipinski definition) is 3. The van der Waals surface area contributed by atoms with Crippen LogP contribution in [0.2, 0.25) is 0 Å². The van der Waals surface area contributed by atoms with Gasteiger partial charge in [-0.25, -0.2) is 4.79 Å². The fourth-order valence-electron chi connectivity index (χ4n) is 3.13. The van der Waals surface area contributed by atoms with Gasteiger partial charge in [-0.05, 0) is 36.2 Å². The number of ether oxygens (including phenoxy) is 1. The molecule has 2 aromatic rings. The number of carbonyl (C=O) groups excluding carboxylic acids is 2. The van der Waals surface area contributed by atoms with Crippen molar-refractivity contribution in [3.63, 3.8) is 0 Å². The summed E-state index contributed by atoms with van der Waals surface area (Å²) < 4.78 is 4.93. The standard InChI is InChI=1S/C21H25N3O3/c1-27-15-12-22-20(25)18-8-10-19(11-9-18)24-14-5-13-23(21(24)26)16-17-6-3-2-4-7-17/h2-4,6-11H,5,12-16H2,1H3,(H,22,25). The summed E-state index contributed by atoms with van der Waals surface area (Å²) in [5.41, 5.74) is 2.50. The zero-order valence-corrected chi connectivity index (χ0v) is 15.6. The molecule has 0 saturated carbocycles. The van der Waals surface area contributed by atoms with Crippen molar-refractivity contribution in [2.45, 2.75) is 13.0 Å². The van der Waals surface area contributed by atoms with Gasteiger partial charge in [0.25, 0.3) is 5.91 Å². The molecule has 0 unspecified atom stereocenters. The third-order valence-corrected chi connectivity index (χ3v) is 4.56. The highest BCUT2D eigenvalue weighted by Gasteiger charge is 2.26. The van der Waals surface area contributed by atoms with Crippen molar-refractivity contribution in [1.29, 1.82) is 0 Å². The minimum atomic E-state index is -0.144. The molecule has 1 fully saturated rings. The SMILES string of the molecule is COCCNC(=O)c1ccc(N2CCCN(Cc3ccccc3)C2=O)cc1. The molecule has 1 N–H and O–H groups in total.